The molecule has 0 bridgehead atoms. The first-order valence-electron chi connectivity index (χ1n) is 8.39. The lowest BCUT2D eigenvalue weighted by Gasteiger charge is -2.10. The fourth-order valence-corrected chi connectivity index (χ4v) is 3.16. The van der Waals surface area contributed by atoms with Gasteiger partial charge in [0, 0.05) is 16.1 Å². The van der Waals surface area contributed by atoms with Crippen molar-refractivity contribution in [3.05, 3.63) is 83.1 Å². The molecule has 0 aliphatic carbocycles. The topological polar surface area (TPSA) is 57.8 Å². The van der Waals surface area contributed by atoms with Crippen LogP contribution in [-0.4, -0.2) is 15.9 Å². The average Bonchev–Trinajstić information content (AvgIpc) is 3.09. The van der Waals surface area contributed by atoms with E-state index in [0.717, 1.165) is 16.6 Å². The number of imidazole rings is 1. The molecule has 0 radical (unpaired) electrons. The second-order valence-electron chi connectivity index (χ2n) is 6.07. The van der Waals surface area contributed by atoms with Crippen molar-refractivity contribution >= 4 is 34.2 Å². The van der Waals surface area contributed by atoms with Crippen LogP contribution in [0.2, 0.25) is 5.02 Å². The Morgan fingerprint density at radius 2 is 1.81 bits per heavy atom. The number of rotatable bonds is 4. The fourth-order valence-electron chi connectivity index (χ4n) is 2.94. The van der Waals surface area contributed by atoms with Gasteiger partial charge in [-0.25, -0.2) is 9.37 Å². The number of nitrogens with zero attached hydrogens (tertiary/aromatic N) is 1. The molecule has 0 saturated heterocycles. The normalized spacial score (nSPS) is 10.9. The maximum Gasteiger partial charge on any atom is 0.228 e. The lowest BCUT2D eigenvalue weighted by molar-refractivity contribution is -0.115. The zero-order chi connectivity index (χ0) is 18.8. The van der Waals surface area contributed by atoms with Crippen LogP contribution in [-0.2, 0) is 11.2 Å². The van der Waals surface area contributed by atoms with Gasteiger partial charge < -0.3 is 10.3 Å². The van der Waals surface area contributed by atoms with E-state index in [1.165, 1.54) is 12.1 Å². The number of carbonyl (C=O) groups excluding carboxylic acids is 1. The van der Waals surface area contributed by atoms with Crippen LogP contribution in [0.4, 0.5) is 10.1 Å². The molecule has 0 unspecified atom stereocenters. The van der Waals surface area contributed by atoms with Crippen LogP contribution in [0.3, 0.4) is 0 Å². The van der Waals surface area contributed by atoms with Crippen molar-refractivity contribution in [3.8, 4) is 11.4 Å². The van der Waals surface area contributed by atoms with Crippen molar-refractivity contribution in [2.45, 2.75) is 6.42 Å². The molecule has 0 aliphatic rings. The molecule has 27 heavy (non-hydrogen) atoms. The van der Waals surface area contributed by atoms with Crippen LogP contribution in [0.15, 0.2) is 66.7 Å². The van der Waals surface area contributed by atoms with Gasteiger partial charge in [0.1, 0.15) is 11.6 Å². The first-order chi connectivity index (χ1) is 13.1. The largest absolute Gasteiger partial charge is 0.338 e. The third kappa shape index (κ3) is 3.55. The smallest absolute Gasteiger partial charge is 0.228 e. The van der Waals surface area contributed by atoms with Gasteiger partial charge in [-0.2, -0.15) is 0 Å². The first-order valence-corrected chi connectivity index (χ1v) is 8.76. The number of aromatic amines is 1. The number of fused-ring (bicyclic) bond motifs is 1. The molecule has 4 nitrogen and oxygen atoms in total. The summed E-state index contributed by atoms with van der Waals surface area (Å²) in [5.41, 5.74) is 3.27. The lowest BCUT2D eigenvalue weighted by atomic mass is 10.1. The summed E-state index contributed by atoms with van der Waals surface area (Å²) >= 11 is 6.01. The van der Waals surface area contributed by atoms with Crippen molar-refractivity contribution in [2.75, 3.05) is 5.32 Å². The van der Waals surface area contributed by atoms with Crippen LogP contribution >= 0.6 is 11.6 Å². The van der Waals surface area contributed by atoms with Crippen LogP contribution in [0.1, 0.15) is 5.56 Å². The molecule has 0 spiro atoms. The molecule has 0 atom stereocenters. The van der Waals surface area contributed by atoms with Gasteiger partial charge in [-0.15, -0.1) is 0 Å². The standard InChI is InChI=1S/C21H15ClFN3O/c22-15-7-5-8-16(23)14(15)12-20(27)24-17-9-2-1-6-13(17)21-25-18-10-3-4-11-19(18)26-21/h1-11H,12H2,(H,24,27)(H,25,26). The number of benzene rings is 3. The van der Waals surface area contributed by atoms with E-state index in [1.807, 2.05) is 42.5 Å². The summed E-state index contributed by atoms with van der Waals surface area (Å²) in [5, 5.41) is 3.06. The SMILES string of the molecule is O=C(Cc1c(F)cccc1Cl)Nc1ccccc1-c1nc2ccccc2[nH]1. The Hall–Kier alpha value is -3.18. The molecule has 3 aromatic carbocycles. The predicted molar refractivity (Wildman–Crippen MR) is 105 cm³/mol. The maximum absolute atomic E-state index is 13.9. The Morgan fingerprint density at radius 1 is 1.04 bits per heavy atom. The highest BCUT2D eigenvalue weighted by atomic mass is 35.5. The number of aromatic nitrogens is 2. The molecular weight excluding hydrogens is 365 g/mol. The van der Waals surface area contributed by atoms with E-state index in [-0.39, 0.29) is 22.9 Å². The molecule has 1 aromatic heterocycles. The molecule has 1 heterocycles. The number of hydrogen-bond donors (Lipinski definition) is 2. The number of carbonyl (C=O) groups is 1. The monoisotopic (exact) mass is 379 g/mol. The number of para-hydroxylation sites is 3. The van der Waals surface area contributed by atoms with E-state index in [1.54, 1.807) is 12.1 Å². The number of anilines is 1. The van der Waals surface area contributed by atoms with Gasteiger partial charge in [0.05, 0.1) is 23.1 Å². The quantitative estimate of drug-likeness (QED) is 0.511. The van der Waals surface area contributed by atoms with Gasteiger partial charge in [-0.05, 0) is 36.4 Å². The molecule has 0 fully saturated rings. The van der Waals surface area contributed by atoms with Gasteiger partial charge in [-0.3, -0.25) is 4.79 Å². The fraction of sp³-hybridized carbons (Fsp3) is 0.0476. The maximum atomic E-state index is 13.9. The summed E-state index contributed by atoms with van der Waals surface area (Å²) < 4.78 is 13.9. The molecule has 6 heteroatoms. The first kappa shape index (κ1) is 17.2. The Morgan fingerprint density at radius 3 is 2.63 bits per heavy atom. The zero-order valence-electron chi connectivity index (χ0n) is 14.2. The van der Waals surface area contributed by atoms with E-state index in [0.29, 0.717) is 11.5 Å². The highest BCUT2D eigenvalue weighted by Gasteiger charge is 2.15. The highest BCUT2D eigenvalue weighted by Crippen LogP contribution is 2.28. The number of H-pyrrole nitrogens is 1. The van der Waals surface area contributed by atoms with Gasteiger partial charge in [-0.1, -0.05) is 41.9 Å². The average molecular weight is 380 g/mol. The minimum absolute atomic E-state index is 0.153. The summed E-state index contributed by atoms with van der Waals surface area (Å²) in [6, 6.07) is 19.4. The van der Waals surface area contributed by atoms with E-state index < -0.39 is 5.82 Å². The predicted octanol–water partition coefficient (Wildman–Crippen LogP) is 5.20. The Labute approximate surface area is 160 Å². The van der Waals surface area contributed by atoms with Crippen LogP contribution in [0, 0.1) is 5.82 Å². The number of halogens is 2. The number of nitrogens with one attached hydrogen (secondary N) is 2. The number of hydrogen-bond acceptors (Lipinski definition) is 2. The van der Waals surface area contributed by atoms with Crippen LogP contribution in [0.5, 0.6) is 0 Å². The molecule has 0 saturated carbocycles. The van der Waals surface area contributed by atoms with E-state index in [9.17, 15) is 9.18 Å². The van der Waals surface area contributed by atoms with Crippen molar-refractivity contribution in [1.82, 2.24) is 9.97 Å². The summed E-state index contributed by atoms with van der Waals surface area (Å²) in [7, 11) is 0. The Bertz CT molecular complexity index is 1090. The zero-order valence-corrected chi connectivity index (χ0v) is 14.9. The molecule has 4 rings (SSSR count). The highest BCUT2D eigenvalue weighted by molar-refractivity contribution is 6.31. The molecule has 134 valence electrons. The van der Waals surface area contributed by atoms with E-state index in [4.69, 9.17) is 11.6 Å². The summed E-state index contributed by atoms with van der Waals surface area (Å²) in [4.78, 5) is 20.3. The summed E-state index contributed by atoms with van der Waals surface area (Å²) in [6.45, 7) is 0. The van der Waals surface area contributed by atoms with Crippen molar-refractivity contribution in [3.63, 3.8) is 0 Å². The second-order valence-corrected chi connectivity index (χ2v) is 6.48. The molecule has 0 aliphatic heterocycles. The third-order valence-electron chi connectivity index (χ3n) is 4.24. The second kappa shape index (κ2) is 7.21. The third-order valence-corrected chi connectivity index (χ3v) is 4.60. The van der Waals surface area contributed by atoms with Crippen LogP contribution < -0.4 is 5.32 Å². The van der Waals surface area contributed by atoms with Crippen molar-refractivity contribution < 1.29 is 9.18 Å². The van der Waals surface area contributed by atoms with E-state index in [2.05, 4.69) is 15.3 Å². The van der Waals surface area contributed by atoms with Crippen molar-refractivity contribution in [1.29, 1.82) is 0 Å². The number of amides is 1. The van der Waals surface area contributed by atoms with Gasteiger partial charge in [0.25, 0.3) is 0 Å². The summed E-state index contributed by atoms with van der Waals surface area (Å²) in [5.74, 6) is -0.204. The molecule has 2 N–H and O–H groups in total. The van der Waals surface area contributed by atoms with Gasteiger partial charge in [0.15, 0.2) is 0 Å². The molecule has 4 aromatic rings. The van der Waals surface area contributed by atoms with Gasteiger partial charge in [0.2, 0.25) is 5.91 Å². The lowest BCUT2D eigenvalue weighted by Crippen LogP contribution is -2.16. The molecule has 1 amide bonds. The van der Waals surface area contributed by atoms with Crippen molar-refractivity contribution in [2.24, 2.45) is 0 Å². The van der Waals surface area contributed by atoms with Crippen LogP contribution in [0.25, 0.3) is 22.4 Å². The Kier molecular flexibility index (Phi) is 4.60. The molecular formula is C21H15ClFN3O. The minimum Gasteiger partial charge on any atom is -0.338 e. The van der Waals surface area contributed by atoms with E-state index >= 15 is 0 Å². The summed E-state index contributed by atoms with van der Waals surface area (Å²) in [6.07, 6.45) is -0.153. The minimum atomic E-state index is -0.497. The van der Waals surface area contributed by atoms with Gasteiger partial charge >= 0.3 is 0 Å². The Balaban J connectivity index is 1.62.